The number of fused-ring (bicyclic) bond motifs is 2. The van der Waals surface area contributed by atoms with E-state index in [0.29, 0.717) is 17.9 Å². The Bertz CT molecular complexity index is 1160. The van der Waals surface area contributed by atoms with Gasteiger partial charge in [0.15, 0.2) is 0 Å². The summed E-state index contributed by atoms with van der Waals surface area (Å²) in [6.07, 6.45) is 8.70. The lowest BCUT2D eigenvalue weighted by atomic mass is 9.72. The van der Waals surface area contributed by atoms with E-state index >= 15 is 0 Å². The molecule has 4 aromatic rings. The summed E-state index contributed by atoms with van der Waals surface area (Å²) in [5.41, 5.74) is 5.52. The maximum atomic E-state index is 4.65. The molecule has 3 heterocycles. The van der Waals surface area contributed by atoms with E-state index < -0.39 is 0 Å². The van der Waals surface area contributed by atoms with Crippen molar-refractivity contribution in [2.24, 2.45) is 5.92 Å². The largest absolute Gasteiger partial charge is 0.361 e. The molecule has 1 saturated heterocycles. The van der Waals surface area contributed by atoms with E-state index in [1.807, 2.05) is 6.20 Å². The minimum absolute atomic E-state index is 0.606. The summed E-state index contributed by atoms with van der Waals surface area (Å²) in [7, 11) is 2.31. The summed E-state index contributed by atoms with van der Waals surface area (Å²) in [5, 5.41) is 1.48. The first-order valence-electron chi connectivity index (χ1n) is 10.6. The van der Waals surface area contributed by atoms with Crippen molar-refractivity contribution >= 4 is 10.9 Å². The Kier molecular flexibility index (Phi) is 3.88. The van der Waals surface area contributed by atoms with Gasteiger partial charge in [0.05, 0.1) is 0 Å². The number of hydrogen-bond donors (Lipinski definition) is 1. The molecule has 29 heavy (non-hydrogen) atoms. The van der Waals surface area contributed by atoms with Crippen LogP contribution in [0.15, 0.2) is 67.1 Å². The van der Waals surface area contributed by atoms with E-state index in [1.54, 1.807) is 5.56 Å². The van der Waals surface area contributed by atoms with E-state index in [9.17, 15) is 0 Å². The molecule has 0 spiro atoms. The normalized spacial score (nSPS) is 24.0. The van der Waals surface area contributed by atoms with Crippen LogP contribution in [0.25, 0.3) is 22.3 Å². The van der Waals surface area contributed by atoms with Gasteiger partial charge in [-0.1, -0.05) is 42.5 Å². The molecular weight excluding hydrogens is 356 g/mol. The van der Waals surface area contributed by atoms with Gasteiger partial charge in [0.25, 0.3) is 0 Å². The number of rotatable bonds is 3. The third-order valence-corrected chi connectivity index (χ3v) is 7.01. The summed E-state index contributed by atoms with van der Waals surface area (Å²) in [6.45, 7) is 2.16. The van der Waals surface area contributed by atoms with Crippen molar-refractivity contribution in [3.05, 3.63) is 78.2 Å². The SMILES string of the molecule is CN1C[C@@H](Cn2ccnc2-c2ccccc2)C[C@@H]2c3cccc4[nH]cc(c34)C[C@H]21. The van der Waals surface area contributed by atoms with Crippen LogP contribution in [0.3, 0.4) is 0 Å². The third kappa shape index (κ3) is 2.74. The van der Waals surface area contributed by atoms with Gasteiger partial charge in [-0.15, -0.1) is 0 Å². The molecule has 4 nitrogen and oxygen atoms in total. The first-order valence-corrected chi connectivity index (χ1v) is 10.6. The predicted octanol–water partition coefficient (Wildman–Crippen LogP) is 4.69. The molecule has 0 bridgehead atoms. The van der Waals surface area contributed by atoms with Gasteiger partial charge in [0.1, 0.15) is 5.82 Å². The lowest BCUT2D eigenvalue weighted by Crippen LogP contribution is -2.48. The van der Waals surface area contributed by atoms with Crippen molar-refractivity contribution in [2.75, 3.05) is 13.6 Å². The molecule has 1 aliphatic carbocycles. The highest BCUT2D eigenvalue weighted by molar-refractivity contribution is 5.88. The van der Waals surface area contributed by atoms with Crippen LogP contribution in [-0.4, -0.2) is 39.1 Å². The molecule has 2 aromatic carbocycles. The zero-order valence-electron chi connectivity index (χ0n) is 16.8. The minimum atomic E-state index is 0.606. The summed E-state index contributed by atoms with van der Waals surface area (Å²) >= 11 is 0. The first-order chi connectivity index (χ1) is 14.3. The van der Waals surface area contributed by atoms with Gasteiger partial charge < -0.3 is 14.5 Å². The zero-order chi connectivity index (χ0) is 19.4. The Hall–Kier alpha value is -2.85. The average Bonchev–Trinajstić information content (AvgIpc) is 3.38. The Balaban J connectivity index is 1.32. The molecule has 3 atom stereocenters. The Labute approximate surface area is 171 Å². The van der Waals surface area contributed by atoms with Gasteiger partial charge in [0.2, 0.25) is 0 Å². The minimum Gasteiger partial charge on any atom is -0.361 e. The second-order valence-corrected chi connectivity index (χ2v) is 8.77. The van der Waals surface area contributed by atoms with Crippen molar-refractivity contribution in [1.82, 2.24) is 19.4 Å². The number of likely N-dealkylation sites (N-methyl/N-ethyl adjacent to an activating group) is 1. The van der Waals surface area contributed by atoms with Crippen LogP contribution >= 0.6 is 0 Å². The number of imidazole rings is 1. The molecule has 6 rings (SSSR count). The maximum absolute atomic E-state index is 4.65. The molecule has 1 N–H and O–H groups in total. The van der Waals surface area contributed by atoms with Crippen LogP contribution in [0, 0.1) is 5.92 Å². The lowest BCUT2D eigenvalue weighted by Gasteiger charge is -2.45. The number of hydrogen-bond acceptors (Lipinski definition) is 2. The van der Waals surface area contributed by atoms with Gasteiger partial charge in [0, 0.05) is 60.1 Å². The van der Waals surface area contributed by atoms with Gasteiger partial charge in [-0.2, -0.15) is 0 Å². The molecule has 0 unspecified atom stereocenters. The van der Waals surface area contributed by atoms with Crippen LogP contribution < -0.4 is 0 Å². The first kappa shape index (κ1) is 17.0. The fourth-order valence-electron chi connectivity index (χ4n) is 5.77. The Morgan fingerprint density at radius 3 is 2.90 bits per heavy atom. The van der Waals surface area contributed by atoms with E-state index in [1.165, 1.54) is 28.5 Å². The van der Waals surface area contributed by atoms with Crippen molar-refractivity contribution in [3.63, 3.8) is 0 Å². The fraction of sp³-hybridized carbons (Fsp3) is 0.320. The van der Waals surface area contributed by atoms with E-state index in [-0.39, 0.29) is 0 Å². The average molecular weight is 383 g/mol. The van der Waals surface area contributed by atoms with Crippen molar-refractivity contribution in [2.45, 2.75) is 31.3 Å². The molecule has 4 heteroatoms. The molecule has 2 aliphatic rings. The van der Waals surface area contributed by atoms with Gasteiger partial charge >= 0.3 is 0 Å². The van der Waals surface area contributed by atoms with Crippen LogP contribution in [0.4, 0.5) is 0 Å². The quantitative estimate of drug-likeness (QED) is 0.558. The fourth-order valence-corrected chi connectivity index (χ4v) is 5.77. The van der Waals surface area contributed by atoms with E-state index in [0.717, 1.165) is 25.3 Å². The van der Waals surface area contributed by atoms with E-state index in [2.05, 4.69) is 87.4 Å². The van der Waals surface area contributed by atoms with Crippen LogP contribution in [0.1, 0.15) is 23.5 Å². The standard InChI is InChI=1S/C25H26N4/c1-28-15-17(16-29-11-10-26-25(29)18-6-3-2-4-7-18)12-21-20-8-5-9-22-24(20)19(14-27-22)13-23(21)28/h2-11,14,17,21,23,27H,12-13,15-16H2,1H3/t17-,21+,23+/m0/s1. The zero-order valence-corrected chi connectivity index (χ0v) is 16.8. The number of benzene rings is 2. The van der Waals surface area contributed by atoms with Crippen molar-refractivity contribution < 1.29 is 0 Å². The topological polar surface area (TPSA) is 36.9 Å². The maximum Gasteiger partial charge on any atom is 0.139 e. The van der Waals surface area contributed by atoms with Crippen LogP contribution in [0.2, 0.25) is 0 Å². The highest BCUT2D eigenvalue weighted by Crippen LogP contribution is 2.44. The molecule has 0 saturated carbocycles. The van der Waals surface area contributed by atoms with Gasteiger partial charge in [-0.25, -0.2) is 4.98 Å². The molecule has 1 aliphatic heterocycles. The number of likely N-dealkylation sites (tertiary alicyclic amines) is 1. The molecule has 0 amide bonds. The summed E-state index contributed by atoms with van der Waals surface area (Å²) in [6, 6.07) is 17.9. The van der Waals surface area contributed by atoms with Crippen LogP contribution in [-0.2, 0) is 13.0 Å². The molecule has 2 aromatic heterocycles. The summed E-state index contributed by atoms with van der Waals surface area (Å²) in [4.78, 5) is 10.7. The smallest absolute Gasteiger partial charge is 0.139 e. The molecular formula is C25H26N4. The number of nitrogens with one attached hydrogen (secondary N) is 1. The predicted molar refractivity (Wildman–Crippen MR) is 117 cm³/mol. The summed E-state index contributed by atoms with van der Waals surface area (Å²) < 4.78 is 2.35. The lowest BCUT2D eigenvalue weighted by molar-refractivity contribution is 0.104. The Morgan fingerprint density at radius 2 is 2.00 bits per heavy atom. The monoisotopic (exact) mass is 382 g/mol. The number of nitrogens with zero attached hydrogens (tertiary/aromatic N) is 3. The second-order valence-electron chi connectivity index (χ2n) is 8.77. The van der Waals surface area contributed by atoms with Gasteiger partial charge in [-0.05, 0) is 43.0 Å². The highest BCUT2D eigenvalue weighted by atomic mass is 15.2. The van der Waals surface area contributed by atoms with Crippen molar-refractivity contribution in [3.8, 4) is 11.4 Å². The van der Waals surface area contributed by atoms with Crippen molar-refractivity contribution in [1.29, 1.82) is 0 Å². The second kappa shape index (κ2) is 6.60. The van der Waals surface area contributed by atoms with E-state index in [4.69, 9.17) is 0 Å². The number of aromatic nitrogens is 3. The molecule has 0 radical (unpaired) electrons. The number of piperidine rings is 1. The Morgan fingerprint density at radius 1 is 1.10 bits per heavy atom. The molecule has 146 valence electrons. The number of aromatic amines is 1. The number of H-pyrrole nitrogens is 1. The summed E-state index contributed by atoms with van der Waals surface area (Å²) in [5.74, 6) is 2.30. The third-order valence-electron chi connectivity index (χ3n) is 7.01. The molecule has 1 fully saturated rings. The highest BCUT2D eigenvalue weighted by Gasteiger charge is 2.39. The van der Waals surface area contributed by atoms with Crippen LogP contribution in [0.5, 0.6) is 0 Å². The van der Waals surface area contributed by atoms with Gasteiger partial charge in [-0.3, -0.25) is 0 Å².